The molecule has 20 heavy (non-hydrogen) atoms. The van der Waals surface area contributed by atoms with Crippen LogP contribution < -0.4 is 4.72 Å². The van der Waals surface area contributed by atoms with E-state index >= 15 is 0 Å². The van der Waals surface area contributed by atoms with Crippen LogP contribution in [0.2, 0.25) is 0 Å². The molecule has 2 rings (SSSR count). The van der Waals surface area contributed by atoms with Gasteiger partial charge in [0, 0.05) is 19.6 Å². The summed E-state index contributed by atoms with van der Waals surface area (Å²) in [6.45, 7) is 8.21. The number of nitrogens with one attached hydrogen (secondary N) is 1. The average molecular weight is 301 g/mol. The van der Waals surface area contributed by atoms with E-state index in [0.29, 0.717) is 30.7 Å². The van der Waals surface area contributed by atoms with Gasteiger partial charge in [0.2, 0.25) is 0 Å². The van der Waals surface area contributed by atoms with Gasteiger partial charge in [-0.25, -0.2) is 0 Å². The molecule has 8 heteroatoms. The summed E-state index contributed by atoms with van der Waals surface area (Å²) in [7, 11) is -3.45. The molecule has 2 heterocycles. The third-order valence-corrected chi connectivity index (χ3v) is 5.11. The number of hydrogen-bond acceptors (Lipinski definition) is 4. The van der Waals surface area contributed by atoms with Crippen LogP contribution in [-0.2, 0) is 23.3 Å². The summed E-state index contributed by atoms with van der Waals surface area (Å²) < 4.78 is 30.6. The highest BCUT2D eigenvalue weighted by atomic mass is 32.2. The fourth-order valence-electron chi connectivity index (χ4n) is 2.73. The Kier molecular flexibility index (Phi) is 4.77. The van der Waals surface area contributed by atoms with Crippen molar-refractivity contribution >= 4 is 10.2 Å². The summed E-state index contributed by atoms with van der Waals surface area (Å²) in [5, 5.41) is 7.73. The molecule has 2 atom stereocenters. The fourth-order valence-corrected chi connectivity index (χ4v) is 4.12. The van der Waals surface area contributed by atoms with E-state index < -0.39 is 10.2 Å². The third kappa shape index (κ3) is 3.56. The van der Waals surface area contributed by atoms with Crippen LogP contribution in [0.5, 0.6) is 0 Å². The van der Waals surface area contributed by atoms with Gasteiger partial charge < -0.3 is 4.57 Å². The second kappa shape index (κ2) is 6.19. The molecule has 0 aliphatic carbocycles. The quantitative estimate of drug-likeness (QED) is 0.864. The number of nitrogens with zero attached hydrogens (tertiary/aromatic N) is 4. The molecule has 1 aromatic heterocycles. The summed E-state index contributed by atoms with van der Waals surface area (Å²) >= 11 is 0. The van der Waals surface area contributed by atoms with E-state index in [9.17, 15) is 8.42 Å². The Morgan fingerprint density at radius 2 is 2.00 bits per heavy atom. The van der Waals surface area contributed by atoms with Gasteiger partial charge >= 0.3 is 0 Å². The lowest BCUT2D eigenvalue weighted by atomic mass is 9.94. The van der Waals surface area contributed by atoms with Gasteiger partial charge in [-0.1, -0.05) is 13.8 Å². The Labute approximate surface area is 120 Å². The summed E-state index contributed by atoms with van der Waals surface area (Å²) in [4.78, 5) is 0. The molecule has 7 nitrogen and oxygen atoms in total. The van der Waals surface area contributed by atoms with E-state index in [-0.39, 0.29) is 6.54 Å². The van der Waals surface area contributed by atoms with Gasteiger partial charge in [0.05, 0.1) is 6.54 Å². The molecule has 0 spiro atoms. The topological polar surface area (TPSA) is 80.1 Å². The van der Waals surface area contributed by atoms with Crippen molar-refractivity contribution in [3.63, 3.8) is 0 Å². The molecule has 1 aliphatic heterocycles. The van der Waals surface area contributed by atoms with E-state index in [1.807, 2.05) is 11.5 Å². The van der Waals surface area contributed by atoms with Gasteiger partial charge in [-0.15, -0.1) is 10.2 Å². The molecule has 2 unspecified atom stereocenters. The van der Waals surface area contributed by atoms with Gasteiger partial charge in [0.1, 0.15) is 12.2 Å². The smallest absolute Gasteiger partial charge is 0.279 e. The molecule has 0 amide bonds. The Balaban J connectivity index is 2.00. The predicted molar refractivity (Wildman–Crippen MR) is 76.0 cm³/mol. The molecule has 1 aliphatic rings. The van der Waals surface area contributed by atoms with E-state index in [2.05, 4.69) is 28.8 Å². The first-order chi connectivity index (χ1) is 9.42. The zero-order valence-corrected chi connectivity index (χ0v) is 13.1. The Hall–Kier alpha value is -0.990. The Bertz CT molecular complexity index is 532. The zero-order chi connectivity index (χ0) is 14.8. The van der Waals surface area contributed by atoms with Crippen molar-refractivity contribution in [2.75, 3.05) is 13.1 Å². The fraction of sp³-hybridized carbons (Fsp3) is 0.833. The van der Waals surface area contributed by atoms with Crippen molar-refractivity contribution in [3.8, 4) is 0 Å². The van der Waals surface area contributed by atoms with Gasteiger partial charge in [-0.3, -0.25) is 0 Å². The Morgan fingerprint density at radius 3 is 2.60 bits per heavy atom. The second-order valence-corrected chi connectivity index (χ2v) is 7.38. The van der Waals surface area contributed by atoms with Crippen LogP contribution in [0.1, 0.15) is 33.0 Å². The molecule has 1 fully saturated rings. The average Bonchev–Trinajstić information content (AvgIpc) is 2.82. The van der Waals surface area contributed by atoms with Gasteiger partial charge in [0.15, 0.2) is 0 Å². The van der Waals surface area contributed by atoms with Crippen molar-refractivity contribution in [2.24, 2.45) is 11.8 Å². The minimum atomic E-state index is -3.45. The van der Waals surface area contributed by atoms with Gasteiger partial charge in [0.25, 0.3) is 10.2 Å². The first kappa shape index (κ1) is 15.4. The van der Waals surface area contributed by atoms with Gasteiger partial charge in [-0.05, 0) is 25.2 Å². The van der Waals surface area contributed by atoms with E-state index in [1.165, 1.54) is 0 Å². The lowest BCUT2D eigenvalue weighted by molar-refractivity contribution is 0.220. The highest BCUT2D eigenvalue weighted by Gasteiger charge is 2.30. The number of hydrogen-bond donors (Lipinski definition) is 1. The molecular formula is C12H23N5O2S. The molecule has 0 radical (unpaired) electrons. The van der Waals surface area contributed by atoms with Crippen LogP contribution in [0, 0.1) is 11.8 Å². The molecule has 0 aromatic carbocycles. The minimum absolute atomic E-state index is 0.176. The number of rotatable bonds is 5. The van der Waals surface area contributed by atoms with E-state index in [1.54, 1.807) is 10.6 Å². The maximum Gasteiger partial charge on any atom is 0.279 e. The lowest BCUT2D eigenvalue weighted by Gasteiger charge is -2.33. The summed E-state index contributed by atoms with van der Waals surface area (Å²) in [5.74, 6) is 1.43. The van der Waals surface area contributed by atoms with Crippen LogP contribution in [0.25, 0.3) is 0 Å². The second-order valence-electron chi connectivity index (χ2n) is 5.62. The minimum Gasteiger partial charge on any atom is -0.317 e. The van der Waals surface area contributed by atoms with E-state index in [0.717, 1.165) is 13.0 Å². The lowest BCUT2D eigenvalue weighted by Crippen LogP contribution is -2.47. The maximum absolute atomic E-state index is 12.3. The first-order valence-corrected chi connectivity index (χ1v) is 8.47. The predicted octanol–water partition coefficient (Wildman–Crippen LogP) is 0.610. The molecule has 1 saturated heterocycles. The zero-order valence-electron chi connectivity index (χ0n) is 12.3. The van der Waals surface area contributed by atoms with Crippen LogP contribution in [0.4, 0.5) is 0 Å². The number of aryl methyl sites for hydroxylation is 1. The van der Waals surface area contributed by atoms with Crippen LogP contribution in [-0.4, -0.2) is 40.6 Å². The molecule has 0 bridgehead atoms. The Morgan fingerprint density at radius 1 is 1.35 bits per heavy atom. The molecule has 1 N–H and O–H groups in total. The summed E-state index contributed by atoms with van der Waals surface area (Å²) in [5.41, 5.74) is 0. The summed E-state index contributed by atoms with van der Waals surface area (Å²) in [6, 6.07) is 0. The van der Waals surface area contributed by atoms with Crippen LogP contribution in [0.15, 0.2) is 6.33 Å². The van der Waals surface area contributed by atoms with Crippen molar-refractivity contribution < 1.29 is 8.42 Å². The molecule has 1 aromatic rings. The maximum atomic E-state index is 12.3. The SMILES string of the molecule is CCn1cnnc1CNS(=O)(=O)N1CC(C)CC(C)C1. The van der Waals surface area contributed by atoms with Gasteiger partial charge in [-0.2, -0.15) is 17.4 Å². The molecule has 114 valence electrons. The highest BCUT2D eigenvalue weighted by Crippen LogP contribution is 2.22. The van der Waals surface area contributed by atoms with Crippen LogP contribution in [0.3, 0.4) is 0 Å². The number of piperidine rings is 1. The van der Waals surface area contributed by atoms with Crippen molar-refractivity contribution in [2.45, 2.75) is 40.3 Å². The van der Waals surface area contributed by atoms with Crippen molar-refractivity contribution in [1.82, 2.24) is 23.8 Å². The highest BCUT2D eigenvalue weighted by molar-refractivity contribution is 7.87. The molecule has 0 saturated carbocycles. The first-order valence-electron chi connectivity index (χ1n) is 7.03. The van der Waals surface area contributed by atoms with Crippen molar-refractivity contribution in [3.05, 3.63) is 12.2 Å². The normalized spacial score (nSPS) is 24.9. The largest absolute Gasteiger partial charge is 0.317 e. The van der Waals surface area contributed by atoms with Crippen molar-refractivity contribution in [1.29, 1.82) is 0 Å². The standard InChI is InChI=1S/C12H23N5O2S/c1-4-16-9-13-15-12(16)6-14-20(18,19)17-7-10(2)5-11(3)8-17/h9-11,14H,4-8H2,1-3H3. The monoisotopic (exact) mass is 301 g/mol. The number of aromatic nitrogens is 3. The summed E-state index contributed by atoms with van der Waals surface area (Å²) in [6.07, 6.45) is 2.69. The van der Waals surface area contributed by atoms with Crippen LogP contribution >= 0.6 is 0 Å². The van der Waals surface area contributed by atoms with E-state index in [4.69, 9.17) is 0 Å². The third-order valence-electron chi connectivity index (χ3n) is 3.62. The molecular weight excluding hydrogens is 278 g/mol.